The Balaban J connectivity index is 0.000000791. The Hall–Kier alpha value is -1.58. The molecule has 0 atom stereocenters. The van der Waals surface area contributed by atoms with Crippen LogP contribution in [0.4, 0.5) is 5.82 Å². The van der Waals surface area contributed by atoms with E-state index in [-0.39, 0.29) is 5.75 Å². The van der Waals surface area contributed by atoms with Gasteiger partial charge in [-0.2, -0.15) is 0 Å². The molecule has 0 aliphatic rings. The summed E-state index contributed by atoms with van der Waals surface area (Å²) < 4.78 is 0. The third kappa shape index (κ3) is 2.73. The molecule has 0 unspecified atom stereocenters. The van der Waals surface area contributed by atoms with Gasteiger partial charge in [0.25, 0.3) is 0 Å². The number of aryl methyl sites for hydroxylation is 1. The van der Waals surface area contributed by atoms with Crippen molar-refractivity contribution in [1.82, 2.24) is 4.98 Å². The van der Waals surface area contributed by atoms with Gasteiger partial charge in [0, 0.05) is 5.70 Å². The number of aromatic nitrogens is 1. The predicted molar refractivity (Wildman–Crippen MR) is 60.8 cm³/mol. The maximum Gasteiger partial charge on any atom is 0.145 e. The molecular formula is C10H19N3O. The number of anilines is 1. The molecule has 14 heavy (non-hydrogen) atoms. The van der Waals surface area contributed by atoms with Gasteiger partial charge < -0.3 is 21.6 Å². The zero-order chi connectivity index (χ0) is 11.3. The Labute approximate surface area is 84.6 Å². The molecule has 0 aromatic carbocycles. The molecule has 0 radical (unpaired) electrons. The summed E-state index contributed by atoms with van der Waals surface area (Å²) >= 11 is 0. The Morgan fingerprint density at radius 2 is 1.93 bits per heavy atom. The molecule has 1 heterocycles. The van der Waals surface area contributed by atoms with Crippen LogP contribution in [0.3, 0.4) is 0 Å². The molecular weight excluding hydrogens is 178 g/mol. The summed E-state index contributed by atoms with van der Waals surface area (Å²) in [5.74, 6) is 0.604. The molecule has 0 aliphatic heterocycles. The average molecular weight is 197 g/mol. The SMILES string of the molecule is C/C(N)=C/c1c(N)[nH]c(C)c1O.CC. The van der Waals surface area contributed by atoms with E-state index in [4.69, 9.17) is 11.5 Å². The van der Waals surface area contributed by atoms with Crippen molar-refractivity contribution in [3.05, 3.63) is 17.0 Å². The zero-order valence-electron chi connectivity index (χ0n) is 9.18. The number of H-pyrrole nitrogens is 1. The summed E-state index contributed by atoms with van der Waals surface area (Å²) in [6, 6.07) is 0. The first-order valence-corrected chi connectivity index (χ1v) is 4.63. The van der Waals surface area contributed by atoms with E-state index in [0.29, 0.717) is 22.8 Å². The number of rotatable bonds is 1. The second kappa shape index (κ2) is 5.21. The fourth-order valence-electron chi connectivity index (χ4n) is 1.03. The highest BCUT2D eigenvalue weighted by molar-refractivity contribution is 5.70. The molecule has 0 aliphatic carbocycles. The Morgan fingerprint density at radius 3 is 2.21 bits per heavy atom. The molecule has 80 valence electrons. The van der Waals surface area contributed by atoms with E-state index >= 15 is 0 Å². The monoisotopic (exact) mass is 197 g/mol. The van der Waals surface area contributed by atoms with Crippen LogP contribution in [0.15, 0.2) is 5.70 Å². The van der Waals surface area contributed by atoms with Gasteiger partial charge in [-0.25, -0.2) is 0 Å². The van der Waals surface area contributed by atoms with Crippen LogP contribution in [0.5, 0.6) is 5.75 Å². The lowest BCUT2D eigenvalue weighted by molar-refractivity contribution is 0.470. The maximum absolute atomic E-state index is 9.46. The number of nitrogens with two attached hydrogens (primary N) is 2. The average Bonchev–Trinajstić information content (AvgIpc) is 2.35. The largest absolute Gasteiger partial charge is 0.505 e. The van der Waals surface area contributed by atoms with Gasteiger partial charge in [-0.1, -0.05) is 13.8 Å². The number of aromatic amines is 1. The van der Waals surface area contributed by atoms with Crippen LogP contribution < -0.4 is 11.5 Å². The summed E-state index contributed by atoms with van der Waals surface area (Å²) in [6.07, 6.45) is 1.63. The fraction of sp³-hybridized carbons (Fsp3) is 0.400. The lowest BCUT2D eigenvalue weighted by Gasteiger charge is -1.94. The van der Waals surface area contributed by atoms with Gasteiger partial charge in [-0.15, -0.1) is 0 Å². The van der Waals surface area contributed by atoms with Crippen molar-refractivity contribution in [2.75, 3.05) is 5.73 Å². The smallest absolute Gasteiger partial charge is 0.145 e. The summed E-state index contributed by atoms with van der Waals surface area (Å²) in [6.45, 7) is 7.48. The van der Waals surface area contributed by atoms with Gasteiger partial charge in [0.05, 0.1) is 11.3 Å². The van der Waals surface area contributed by atoms with Crippen LogP contribution in [-0.2, 0) is 0 Å². The molecule has 4 heteroatoms. The minimum absolute atomic E-state index is 0.164. The third-order valence-corrected chi connectivity index (χ3v) is 1.59. The first-order valence-electron chi connectivity index (χ1n) is 4.63. The lowest BCUT2D eigenvalue weighted by atomic mass is 10.2. The first kappa shape index (κ1) is 12.4. The fourth-order valence-corrected chi connectivity index (χ4v) is 1.03. The highest BCUT2D eigenvalue weighted by Gasteiger charge is 2.08. The second-order valence-corrected chi connectivity index (χ2v) is 2.81. The van der Waals surface area contributed by atoms with Gasteiger partial charge >= 0.3 is 0 Å². The van der Waals surface area contributed by atoms with Gasteiger partial charge in [0.2, 0.25) is 0 Å². The highest BCUT2D eigenvalue weighted by atomic mass is 16.3. The Kier molecular flexibility index (Phi) is 4.63. The molecule has 0 amide bonds. The molecule has 0 fully saturated rings. The van der Waals surface area contributed by atoms with E-state index in [2.05, 4.69) is 4.98 Å². The van der Waals surface area contributed by atoms with E-state index in [1.165, 1.54) is 0 Å². The molecule has 0 bridgehead atoms. The van der Waals surface area contributed by atoms with Gasteiger partial charge in [0.15, 0.2) is 0 Å². The van der Waals surface area contributed by atoms with Crippen LogP contribution in [-0.4, -0.2) is 10.1 Å². The van der Waals surface area contributed by atoms with E-state index in [0.717, 1.165) is 0 Å². The van der Waals surface area contributed by atoms with E-state index in [1.807, 2.05) is 13.8 Å². The van der Waals surface area contributed by atoms with Gasteiger partial charge in [0.1, 0.15) is 11.6 Å². The molecule has 4 nitrogen and oxygen atoms in total. The molecule has 0 saturated heterocycles. The van der Waals surface area contributed by atoms with Gasteiger partial charge in [-0.3, -0.25) is 0 Å². The normalized spacial score (nSPS) is 10.7. The third-order valence-electron chi connectivity index (χ3n) is 1.59. The highest BCUT2D eigenvalue weighted by Crippen LogP contribution is 2.28. The maximum atomic E-state index is 9.46. The quantitative estimate of drug-likeness (QED) is 0.555. The molecule has 6 N–H and O–H groups in total. The summed E-state index contributed by atoms with van der Waals surface area (Å²) in [5, 5.41) is 9.46. The van der Waals surface area contributed by atoms with Crippen LogP contribution in [0.1, 0.15) is 32.0 Å². The summed E-state index contributed by atoms with van der Waals surface area (Å²) in [5.41, 5.74) is 12.8. The van der Waals surface area contributed by atoms with E-state index < -0.39 is 0 Å². The number of nitrogens with one attached hydrogen (secondary N) is 1. The number of hydrogen-bond donors (Lipinski definition) is 4. The topological polar surface area (TPSA) is 88.1 Å². The van der Waals surface area contributed by atoms with Gasteiger partial charge in [-0.05, 0) is 19.9 Å². The number of hydrogen-bond acceptors (Lipinski definition) is 3. The van der Waals surface area contributed by atoms with Crippen molar-refractivity contribution in [3.63, 3.8) is 0 Å². The van der Waals surface area contributed by atoms with Crippen LogP contribution in [0.25, 0.3) is 6.08 Å². The minimum atomic E-state index is 0.164. The van der Waals surface area contributed by atoms with Crippen LogP contribution in [0.2, 0.25) is 0 Å². The zero-order valence-corrected chi connectivity index (χ0v) is 9.18. The second-order valence-electron chi connectivity index (χ2n) is 2.81. The van der Waals surface area contributed by atoms with Crippen molar-refractivity contribution < 1.29 is 5.11 Å². The first-order chi connectivity index (χ1) is 6.52. The molecule has 0 saturated carbocycles. The molecule has 1 rings (SSSR count). The van der Waals surface area contributed by atoms with Crippen LogP contribution >= 0.6 is 0 Å². The van der Waals surface area contributed by atoms with E-state index in [9.17, 15) is 5.11 Å². The number of aromatic hydroxyl groups is 1. The standard InChI is InChI=1S/C8H13N3O.C2H6/c1-4(9)3-6-7(12)5(2)11-8(6)10;1-2/h3,11-12H,9-10H2,1-2H3;1-2H3/b4-3-;. The van der Waals surface area contributed by atoms with Crippen molar-refractivity contribution in [2.45, 2.75) is 27.7 Å². The van der Waals surface area contributed by atoms with Crippen molar-refractivity contribution in [3.8, 4) is 5.75 Å². The summed E-state index contributed by atoms with van der Waals surface area (Å²) in [7, 11) is 0. The van der Waals surface area contributed by atoms with Crippen LogP contribution in [0, 0.1) is 6.92 Å². The summed E-state index contributed by atoms with van der Waals surface area (Å²) in [4.78, 5) is 2.81. The molecule has 0 spiro atoms. The minimum Gasteiger partial charge on any atom is -0.505 e. The van der Waals surface area contributed by atoms with Crippen molar-refractivity contribution in [2.24, 2.45) is 5.73 Å². The van der Waals surface area contributed by atoms with E-state index in [1.54, 1.807) is 19.9 Å². The lowest BCUT2D eigenvalue weighted by Crippen LogP contribution is -1.92. The van der Waals surface area contributed by atoms with Crippen molar-refractivity contribution in [1.29, 1.82) is 0 Å². The number of nitrogen functional groups attached to an aromatic ring is 1. The Morgan fingerprint density at radius 1 is 1.43 bits per heavy atom. The number of allylic oxidation sites excluding steroid dienone is 1. The Bertz CT molecular complexity index is 322. The van der Waals surface area contributed by atoms with Crippen molar-refractivity contribution >= 4 is 11.9 Å². The predicted octanol–water partition coefficient (Wildman–Crippen LogP) is 1.96. The molecule has 1 aromatic heterocycles. The molecule has 1 aromatic rings.